The molecule has 3 aromatic rings. The molecule has 0 saturated heterocycles. The summed E-state index contributed by atoms with van der Waals surface area (Å²) in [5.41, 5.74) is 3.90. The van der Waals surface area contributed by atoms with Crippen molar-refractivity contribution in [2.75, 3.05) is 4.90 Å². The van der Waals surface area contributed by atoms with Crippen molar-refractivity contribution in [2.24, 2.45) is 5.84 Å². The number of hydrazine groups is 1. The number of nitrogens with one attached hydrogen (secondary N) is 1. The SMILES string of the molecule is NNC(=O)c1ccc2c(c1)C(=O)N(c1ccc(F)cc1-n1cc(F)cn1)C2. The molecular formula is C18H13F2N5O2. The van der Waals surface area contributed by atoms with E-state index in [1.165, 1.54) is 29.2 Å². The molecule has 4 rings (SSSR count). The van der Waals surface area contributed by atoms with Crippen LogP contribution in [0.25, 0.3) is 5.69 Å². The second-order valence-electron chi connectivity index (χ2n) is 5.97. The van der Waals surface area contributed by atoms with E-state index in [4.69, 9.17) is 5.84 Å². The number of hydrogen-bond donors (Lipinski definition) is 2. The van der Waals surface area contributed by atoms with E-state index < -0.39 is 17.5 Å². The van der Waals surface area contributed by atoms with E-state index in [1.54, 1.807) is 12.1 Å². The number of nitrogens with two attached hydrogens (primary N) is 1. The lowest BCUT2D eigenvalue weighted by molar-refractivity contribution is 0.0953. The maximum atomic E-state index is 13.8. The van der Waals surface area contributed by atoms with Crippen molar-refractivity contribution in [3.8, 4) is 5.69 Å². The van der Waals surface area contributed by atoms with E-state index in [2.05, 4.69) is 5.10 Å². The number of benzene rings is 2. The maximum Gasteiger partial charge on any atom is 0.265 e. The van der Waals surface area contributed by atoms with Gasteiger partial charge in [-0.2, -0.15) is 5.10 Å². The fourth-order valence-electron chi connectivity index (χ4n) is 3.06. The van der Waals surface area contributed by atoms with Crippen LogP contribution >= 0.6 is 0 Å². The molecule has 0 radical (unpaired) electrons. The van der Waals surface area contributed by atoms with Gasteiger partial charge in [0.2, 0.25) is 0 Å². The molecule has 7 nitrogen and oxygen atoms in total. The first kappa shape index (κ1) is 16.9. The van der Waals surface area contributed by atoms with Crippen LogP contribution in [0.2, 0.25) is 0 Å². The summed E-state index contributed by atoms with van der Waals surface area (Å²) in [5.74, 6) is 3.12. The van der Waals surface area contributed by atoms with Crippen molar-refractivity contribution in [1.82, 2.24) is 15.2 Å². The normalized spacial score (nSPS) is 13.0. The molecular weight excluding hydrogens is 356 g/mol. The number of nitrogens with zero attached hydrogens (tertiary/aromatic N) is 3. The van der Waals surface area contributed by atoms with Crippen LogP contribution < -0.4 is 16.2 Å². The van der Waals surface area contributed by atoms with Gasteiger partial charge in [0.25, 0.3) is 11.8 Å². The van der Waals surface area contributed by atoms with Gasteiger partial charge in [-0.1, -0.05) is 6.07 Å². The lowest BCUT2D eigenvalue weighted by Gasteiger charge is -2.19. The highest BCUT2D eigenvalue weighted by Gasteiger charge is 2.31. The fourth-order valence-corrected chi connectivity index (χ4v) is 3.06. The summed E-state index contributed by atoms with van der Waals surface area (Å²) in [6, 6.07) is 8.49. The molecule has 0 unspecified atom stereocenters. The summed E-state index contributed by atoms with van der Waals surface area (Å²) in [6.45, 7) is 0.223. The van der Waals surface area contributed by atoms with Gasteiger partial charge in [-0.25, -0.2) is 19.3 Å². The molecule has 9 heteroatoms. The Kier molecular flexibility index (Phi) is 3.93. The van der Waals surface area contributed by atoms with Crippen LogP contribution in [0.3, 0.4) is 0 Å². The standard InChI is InChI=1S/C18H13F2N5O2/c19-12-3-4-15(16(6-12)25-9-13(20)7-22-25)24-8-11-2-1-10(17(26)23-21)5-14(11)18(24)27/h1-7,9H,8,21H2,(H,23,26). The van der Waals surface area contributed by atoms with Gasteiger partial charge in [0.05, 0.1) is 30.3 Å². The number of anilines is 1. The van der Waals surface area contributed by atoms with Gasteiger partial charge in [0.15, 0.2) is 5.82 Å². The van der Waals surface area contributed by atoms with E-state index in [0.29, 0.717) is 16.8 Å². The van der Waals surface area contributed by atoms with Crippen LogP contribution in [0.15, 0.2) is 48.8 Å². The molecule has 0 fully saturated rings. The highest BCUT2D eigenvalue weighted by atomic mass is 19.1. The summed E-state index contributed by atoms with van der Waals surface area (Å²) in [4.78, 5) is 26.0. The zero-order valence-electron chi connectivity index (χ0n) is 13.8. The Balaban J connectivity index is 1.77. The summed E-state index contributed by atoms with van der Waals surface area (Å²) in [7, 11) is 0. The van der Waals surface area contributed by atoms with Gasteiger partial charge in [0.1, 0.15) is 5.82 Å². The molecule has 0 saturated carbocycles. The average Bonchev–Trinajstić information content (AvgIpc) is 3.24. The van der Waals surface area contributed by atoms with E-state index in [-0.39, 0.29) is 23.7 Å². The minimum atomic E-state index is -0.585. The molecule has 0 bridgehead atoms. The quantitative estimate of drug-likeness (QED) is 0.419. The summed E-state index contributed by atoms with van der Waals surface area (Å²) >= 11 is 0. The van der Waals surface area contributed by atoms with Gasteiger partial charge in [0, 0.05) is 17.2 Å². The van der Waals surface area contributed by atoms with E-state index in [0.717, 1.165) is 17.1 Å². The van der Waals surface area contributed by atoms with E-state index in [9.17, 15) is 18.4 Å². The van der Waals surface area contributed by atoms with Crippen LogP contribution in [0.4, 0.5) is 14.5 Å². The van der Waals surface area contributed by atoms with Gasteiger partial charge in [-0.15, -0.1) is 0 Å². The minimum Gasteiger partial charge on any atom is -0.302 e. The summed E-state index contributed by atoms with van der Waals surface area (Å²) in [5, 5.41) is 3.85. The molecule has 2 heterocycles. The molecule has 2 amide bonds. The fraction of sp³-hybridized carbons (Fsp3) is 0.0556. The maximum absolute atomic E-state index is 13.8. The third-order valence-corrected chi connectivity index (χ3v) is 4.33. The average molecular weight is 369 g/mol. The van der Waals surface area contributed by atoms with Crippen LogP contribution in [-0.4, -0.2) is 21.6 Å². The second kappa shape index (κ2) is 6.29. The van der Waals surface area contributed by atoms with Crippen molar-refractivity contribution >= 4 is 17.5 Å². The summed E-state index contributed by atoms with van der Waals surface area (Å²) < 4.78 is 28.3. The zero-order chi connectivity index (χ0) is 19.1. The largest absolute Gasteiger partial charge is 0.302 e. The third-order valence-electron chi connectivity index (χ3n) is 4.33. The number of carbonyl (C=O) groups is 2. The van der Waals surface area contributed by atoms with Crippen LogP contribution in [-0.2, 0) is 6.54 Å². The molecule has 1 aliphatic heterocycles. The highest BCUT2D eigenvalue weighted by molar-refractivity contribution is 6.12. The van der Waals surface area contributed by atoms with Crippen molar-refractivity contribution in [3.05, 3.63) is 77.1 Å². The van der Waals surface area contributed by atoms with Gasteiger partial charge in [-0.05, 0) is 29.8 Å². The molecule has 3 N–H and O–H groups in total. The third kappa shape index (κ3) is 2.83. The van der Waals surface area contributed by atoms with Gasteiger partial charge < -0.3 is 4.90 Å². The highest BCUT2D eigenvalue weighted by Crippen LogP contribution is 2.33. The lowest BCUT2D eigenvalue weighted by atomic mass is 10.1. The van der Waals surface area contributed by atoms with E-state index >= 15 is 0 Å². The Morgan fingerprint density at radius 2 is 1.93 bits per heavy atom. The molecule has 136 valence electrons. The smallest absolute Gasteiger partial charge is 0.265 e. The second-order valence-corrected chi connectivity index (χ2v) is 5.97. The molecule has 0 spiro atoms. The number of carbonyl (C=O) groups excluding carboxylic acids is 2. The van der Waals surface area contributed by atoms with E-state index in [1.807, 2.05) is 5.43 Å². The molecule has 0 aliphatic carbocycles. The number of halogens is 2. The van der Waals surface area contributed by atoms with Crippen LogP contribution in [0.1, 0.15) is 26.3 Å². The monoisotopic (exact) mass is 369 g/mol. The minimum absolute atomic E-state index is 0.222. The first-order valence-electron chi connectivity index (χ1n) is 7.94. The Morgan fingerprint density at radius 1 is 1.11 bits per heavy atom. The first-order chi connectivity index (χ1) is 13.0. The van der Waals surface area contributed by atoms with Crippen molar-refractivity contribution in [2.45, 2.75) is 6.54 Å². The number of aromatic nitrogens is 2. The van der Waals surface area contributed by atoms with Crippen LogP contribution in [0, 0.1) is 11.6 Å². The molecule has 0 atom stereocenters. The zero-order valence-corrected chi connectivity index (χ0v) is 13.8. The van der Waals surface area contributed by atoms with Crippen molar-refractivity contribution < 1.29 is 18.4 Å². The Bertz CT molecular complexity index is 1080. The first-order valence-corrected chi connectivity index (χ1v) is 7.94. The number of nitrogen functional groups attached to an aromatic ring is 1. The van der Waals surface area contributed by atoms with Gasteiger partial charge >= 0.3 is 0 Å². The molecule has 27 heavy (non-hydrogen) atoms. The number of hydrogen-bond acceptors (Lipinski definition) is 4. The van der Waals surface area contributed by atoms with Crippen molar-refractivity contribution in [1.29, 1.82) is 0 Å². The van der Waals surface area contributed by atoms with Gasteiger partial charge in [-0.3, -0.25) is 15.0 Å². The summed E-state index contributed by atoms with van der Waals surface area (Å²) in [6.07, 6.45) is 2.09. The molecule has 1 aliphatic rings. The predicted octanol–water partition coefficient (Wildman–Crippen LogP) is 1.91. The molecule has 2 aromatic carbocycles. The van der Waals surface area contributed by atoms with Crippen molar-refractivity contribution in [3.63, 3.8) is 0 Å². The Labute approximate surface area is 152 Å². The van der Waals surface area contributed by atoms with Crippen LogP contribution in [0.5, 0.6) is 0 Å². The number of amides is 2. The Hall–Kier alpha value is -3.59. The predicted molar refractivity (Wildman–Crippen MR) is 92.1 cm³/mol. The lowest BCUT2D eigenvalue weighted by Crippen LogP contribution is -2.30. The topological polar surface area (TPSA) is 93.2 Å². The Morgan fingerprint density at radius 3 is 2.63 bits per heavy atom. The molecule has 1 aromatic heterocycles. The number of rotatable bonds is 3. The number of fused-ring (bicyclic) bond motifs is 1.